The molecule has 1 heterocycles. The van der Waals surface area contributed by atoms with Crippen LogP contribution in [0.15, 0.2) is 47.7 Å². The summed E-state index contributed by atoms with van der Waals surface area (Å²) in [5, 5.41) is 8.64. The van der Waals surface area contributed by atoms with E-state index in [1.165, 1.54) is 0 Å². The summed E-state index contributed by atoms with van der Waals surface area (Å²) in [4.78, 5) is 12.3. The Bertz CT molecular complexity index is 910. The highest BCUT2D eigenvalue weighted by Gasteiger charge is 2.31. The van der Waals surface area contributed by atoms with Crippen molar-refractivity contribution in [3.8, 4) is 0 Å². The molecule has 3 rings (SSSR count). The lowest BCUT2D eigenvalue weighted by molar-refractivity contribution is -0.114. The third-order valence-corrected chi connectivity index (χ3v) is 5.80. The molecule has 7 heteroatoms. The van der Waals surface area contributed by atoms with Crippen LogP contribution in [-0.2, 0) is 4.79 Å². The highest BCUT2D eigenvalue weighted by atomic mass is 35.5. The number of rotatable bonds is 3. The van der Waals surface area contributed by atoms with E-state index in [9.17, 15) is 4.79 Å². The number of Topliss-reactive ketones (excluding diaryl/α,β-unsaturated/α-hetero) is 1. The number of hydrogen-bond donors (Lipinski definition) is 2. The van der Waals surface area contributed by atoms with Gasteiger partial charge in [-0.2, -0.15) is 0 Å². The van der Waals surface area contributed by atoms with Gasteiger partial charge in [-0.25, -0.2) is 0 Å². The molecule has 136 valence electrons. The topological polar surface area (TPSA) is 41.1 Å². The van der Waals surface area contributed by atoms with Crippen molar-refractivity contribution in [2.45, 2.75) is 26.1 Å². The minimum atomic E-state index is -0.331. The summed E-state index contributed by atoms with van der Waals surface area (Å²) in [5.74, 6) is -0.0221. The molecule has 1 aliphatic heterocycles. The Kier molecular flexibility index (Phi) is 5.85. The molecule has 0 unspecified atom stereocenters. The maximum absolute atomic E-state index is 12.3. The maximum atomic E-state index is 12.3. The predicted octanol–water partition coefficient (Wildman–Crippen LogP) is 6.10. The van der Waals surface area contributed by atoms with Crippen LogP contribution in [0, 0.1) is 0 Å². The van der Waals surface area contributed by atoms with E-state index in [0.717, 1.165) is 16.8 Å². The largest absolute Gasteiger partial charge is 0.369 e. The van der Waals surface area contributed by atoms with Crippen molar-refractivity contribution in [3.63, 3.8) is 0 Å². The third-order valence-electron chi connectivity index (χ3n) is 4.32. The Labute approximate surface area is 172 Å². The van der Waals surface area contributed by atoms with E-state index in [1.807, 2.05) is 19.1 Å². The highest BCUT2D eigenvalue weighted by Crippen LogP contribution is 2.35. The van der Waals surface area contributed by atoms with Crippen molar-refractivity contribution in [1.82, 2.24) is 10.6 Å². The van der Waals surface area contributed by atoms with Crippen molar-refractivity contribution in [3.05, 3.63) is 78.9 Å². The van der Waals surface area contributed by atoms with E-state index in [1.54, 1.807) is 31.2 Å². The molecular formula is C19H16Cl4N2O. The van der Waals surface area contributed by atoms with E-state index in [0.29, 0.717) is 25.7 Å². The van der Waals surface area contributed by atoms with Gasteiger partial charge in [-0.05, 0) is 49.2 Å². The van der Waals surface area contributed by atoms with Crippen molar-refractivity contribution in [2.24, 2.45) is 0 Å². The first-order chi connectivity index (χ1) is 12.3. The van der Waals surface area contributed by atoms with Crippen LogP contribution in [0.5, 0.6) is 0 Å². The van der Waals surface area contributed by atoms with Crippen LogP contribution in [0.1, 0.15) is 37.2 Å². The molecule has 3 nitrogen and oxygen atoms in total. The summed E-state index contributed by atoms with van der Waals surface area (Å²) in [6.07, 6.45) is -0.243. The zero-order chi connectivity index (χ0) is 19.0. The lowest BCUT2D eigenvalue weighted by Crippen LogP contribution is -2.43. The molecule has 2 aromatic rings. The summed E-state index contributed by atoms with van der Waals surface area (Å²) < 4.78 is 0. The molecule has 0 saturated heterocycles. The van der Waals surface area contributed by atoms with Crippen LogP contribution in [0.3, 0.4) is 0 Å². The summed E-state index contributed by atoms with van der Waals surface area (Å²) in [5.41, 5.74) is 3.21. The van der Waals surface area contributed by atoms with Crippen LogP contribution < -0.4 is 10.6 Å². The van der Waals surface area contributed by atoms with Gasteiger partial charge in [0, 0.05) is 11.3 Å². The molecule has 0 saturated carbocycles. The average molecular weight is 430 g/mol. The summed E-state index contributed by atoms with van der Waals surface area (Å²) in [6.45, 7) is 3.43. The number of allylic oxidation sites excluding steroid dienone is 1. The van der Waals surface area contributed by atoms with Crippen LogP contribution in [0.4, 0.5) is 0 Å². The second-order valence-electron chi connectivity index (χ2n) is 6.12. The van der Waals surface area contributed by atoms with Gasteiger partial charge in [-0.3, -0.25) is 10.1 Å². The first kappa shape index (κ1) is 19.5. The molecule has 26 heavy (non-hydrogen) atoms. The van der Waals surface area contributed by atoms with Gasteiger partial charge in [0.25, 0.3) is 0 Å². The predicted molar refractivity (Wildman–Crippen MR) is 108 cm³/mol. The van der Waals surface area contributed by atoms with E-state index >= 15 is 0 Å². The number of halogens is 4. The molecule has 0 radical (unpaired) electrons. The van der Waals surface area contributed by atoms with Crippen LogP contribution in [-0.4, -0.2) is 5.78 Å². The third kappa shape index (κ3) is 3.88. The molecule has 0 bridgehead atoms. The van der Waals surface area contributed by atoms with Crippen LogP contribution in [0.2, 0.25) is 20.1 Å². The summed E-state index contributed by atoms with van der Waals surface area (Å²) >= 11 is 24.4. The summed E-state index contributed by atoms with van der Waals surface area (Å²) in [6, 6.07) is 10.5. The smallest absolute Gasteiger partial charge is 0.159 e. The lowest BCUT2D eigenvalue weighted by Gasteiger charge is -2.35. The fourth-order valence-corrected chi connectivity index (χ4v) is 3.71. The van der Waals surface area contributed by atoms with Gasteiger partial charge in [0.1, 0.15) is 6.17 Å². The van der Waals surface area contributed by atoms with Gasteiger partial charge in [0.05, 0.1) is 26.1 Å². The van der Waals surface area contributed by atoms with Crippen molar-refractivity contribution < 1.29 is 4.79 Å². The maximum Gasteiger partial charge on any atom is 0.159 e. The highest BCUT2D eigenvalue weighted by molar-refractivity contribution is 6.42. The Morgan fingerprint density at radius 1 is 0.885 bits per heavy atom. The van der Waals surface area contributed by atoms with Crippen molar-refractivity contribution >= 4 is 52.2 Å². The van der Waals surface area contributed by atoms with E-state index in [-0.39, 0.29) is 18.0 Å². The van der Waals surface area contributed by atoms with Gasteiger partial charge in [-0.1, -0.05) is 58.5 Å². The lowest BCUT2D eigenvalue weighted by atomic mass is 9.91. The second-order valence-corrected chi connectivity index (χ2v) is 7.75. The number of carbonyl (C=O) groups excluding carboxylic acids is 1. The van der Waals surface area contributed by atoms with Gasteiger partial charge in [0.15, 0.2) is 5.78 Å². The molecule has 0 spiro atoms. The number of benzene rings is 2. The van der Waals surface area contributed by atoms with Gasteiger partial charge in [0.2, 0.25) is 0 Å². The molecule has 0 fully saturated rings. The molecule has 1 aliphatic rings. The van der Waals surface area contributed by atoms with Crippen molar-refractivity contribution in [1.29, 1.82) is 0 Å². The molecule has 0 aromatic heterocycles. The van der Waals surface area contributed by atoms with Crippen LogP contribution in [0.25, 0.3) is 0 Å². The number of nitrogens with one attached hydrogen (secondary N) is 2. The Hall–Kier alpha value is -1.23. The van der Waals surface area contributed by atoms with E-state index < -0.39 is 0 Å². The Morgan fingerprint density at radius 3 is 1.96 bits per heavy atom. The summed E-state index contributed by atoms with van der Waals surface area (Å²) in [7, 11) is 0. The second kappa shape index (κ2) is 7.79. The van der Waals surface area contributed by atoms with Gasteiger partial charge in [-0.15, -0.1) is 0 Å². The first-order valence-corrected chi connectivity index (χ1v) is 9.43. The average Bonchev–Trinajstić information content (AvgIpc) is 2.58. The Balaban J connectivity index is 2.05. The fourth-order valence-electron chi connectivity index (χ4n) is 3.10. The van der Waals surface area contributed by atoms with Crippen molar-refractivity contribution in [2.75, 3.05) is 0 Å². The van der Waals surface area contributed by atoms with Gasteiger partial charge < -0.3 is 5.32 Å². The zero-order valence-corrected chi connectivity index (χ0v) is 17.1. The molecule has 0 aliphatic carbocycles. The minimum Gasteiger partial charge on any atom is -0.369 e. The molecular weight excluding hydrogens is 414 g/mol. The molecule has 2 atom stereocenters. The monoisotopic (exact) mass is 428 g/mol. The number of hydrogen-bond acceptors (Lipinski definition) is 3. The molecule has 0 amide bonds. The molecule has 2 N–H and O–H groups in total. The quantitative estimate of drug-likeness (QED) is 0.619. The number of ketones is 1. The molecule has 2 aromatic carbocycles. The minimum absolute atomic E-state index is 0.0221. The normalized spacial score (nSPS) is 20.1. The van der Waals surface area contributed by atoms with E-state index in [4.69, 9.17) is 46.4 Å². The van der Waals surface area contributed by atoms with Crippen LogP contribution >= 0.6 is 46.4 Å². The van der Waals surface area contributed by atoms with E-state index in [2.05, 4.69) is 10.6 Å². The Morgan fingerprint density at radius 2 is 1.42 bits per heavy atom. The standard InChI is InChI=1S/C19H16Cl4N2O/c1-9-17(10(2)26)18(11-3-5-13(20)15(22)7-11)25-19(24-9)12-4-6-14(21)16(23)8-12/h3-8,18-19,24-25H,1-2H3/t18-,19-/m1/s1. The fraction of sp³-hybridized carbons (Fsp3) is 0.211. The number of carbonyl (C=O) groups is 1. The first-order valence-electron chi connectivity index (χ1n) is 7.92. The van der Waals surface area contributed by atoms with Gasteiger partial charge >= 0.3 is 0 Å². The zero-order valence-electron chi connectivity index (χ0n) is 14.0. The SMILES string of the molecule is CC(=O)C1=C(C)N[C@@H](c2ccc(Cl)c(Cl)c2)N[C@@H]1c1ccc(Cl)c(Cl)c1.